The Morgan fingerprint density at radius 3 is 2.55 bits per heavy atom. The van der Waals surface area contributed by atoms with Crippen molar-refractivity contribution in [1.82, 2.24) is 4.31 Å². The Morgan fingerprint density at radius 1 is 1.35 bits per heavy atom. The van der Waals surface area contributed by atoms with E-state index in [1.807, 2.05) is 0 Å². The molecule has 0 aliphatic heterocycles. The van der Waals surface area contributed by atoms with Crippen LogP contribution in [0, 0.1) is 5.92 Å². The quantitative estimate of drug-likeness (QED) is 0.906. The maximum absolute atomic E-state index is 12.4. The highest BCUT2D eigenvalue weighted by Crippen LogP contribution is 2.28. The number of carboxylic acid groups (broad SMARTS) is 1. The largest absolute Gasteiger partial charge is 0.477 e. The predicted octanol–water partition coefficient (Wildman–Crippen LogP) is 2.65. The van der Waals surface area contributed by atoms with Gasteiger partial charge in [-0.05, 0) is 30.9 Å². The van der Waals surface area contributed by atoms with Gasteiger partial charge in [-0.1, -0.05) is 19.3 Å². The molecule has 112 valence electrons. The molecule has 7 heteroatoms. The lowest BCUT2D eigenvalue weighted by Crippen LogP contribution is -2.32. The van der Waals surface area contributed by atoms with E-state index in [0.29, 0.717) is 12.5 Å². The van der Waals surface area contributed by atoms with Gasteiger partial charge in [0.2, 0.25) is 0 Å². The highest BCUT2D eigenvalue weighted by Gasteiger charge is 2.26. The van der Waals surface area contributed by atoms with Gasteiger partial charge in [-0.2, -0.15) is 4.31 Å². The first-order chi connectivity index (χ1) is 9.41. The van der Waals surface area contributed by atoms with Crippen LogP contribution in [-0.2, 0) is 10.0 Å². The van der Waals surface area contributed by atoms with E-state index in [1.54, 1.807) is 7.05 Å². The van der Waals surface area contributed by atoms with Crippen LogP contribution in [0.25, 0.3) is 0 Å². The summed E-state index contributed by atoms with van der Waals surface area (Å²) in [6.07, 6.45) is 5.72. The second kappa shape index (κ2) is 6.24. The van der Waals surface area contributed by atoms with Crippen molar-refractivity contribution in [2.45, 2.75) is 36.3 Å². The molecule has 0 spiro atoms. The first-order valence-electron chi connectivity index (χ1n) is 6.70. The minimum Gasteiger partial charge on any atom is -0.477 e. The lowest BCUT2D eigenvalue weighted by molar-refractivity contribution is 0.0702. The van der Waals surface area contributed by atoms with Gasteiger partial charge in [0, 0.05) is 13.6 Å². The van der Waals surface area contributed by atoms with Crippen molar-refractivity contribution in [1.29, 1.82) is 0 Å². The van der Waals surface area contributed by atoms with Crippen LogP contribution in [0.5, 0.6) is 0 Å². The molecule has 0 aromatic carbocycles. The molecule has 1 aromatic rings. The van der Waals surface area contributed by atoms with Gasteiger partial charge in [-0.3, -0.25) is 0 Å². The van der Waals surface area contributed by atoms with Gasteiger partial charge in [-0.25, -0.2) is 13.2 Å². The van der Waals surface area contributed by atoms with Crippen LogP contribution in [0.4, 0.5) is 0 Å². The number of carbonyl (C=O) groups is 1. The van der Waals surface area contributed by atoms with Gasteiger partial charge in [0.25, 0.3) is 10.0 Å². The number of thiophene rings is 1. The maximum Gasteiger partial charge on any atom is 0.345 e. The number of nitrogens with zero attached hydrogens (tertiary/aromatic N) is 1. The monoisotopic (exact) mass is 317 g/mol. The van der Waals surface area contributed by atoms with E-state index in [0.717, 1.165) is 24.2 Å². The third-order valence-corrected chi connectivity index (χ3v) is 7.06. The van der Waals surface area contributed by atoms with E-state index in [1.165, 1.54) is 35.7 Å². The van der Waals surface area contributed by atoms with Crippen molar-refractivity contribution in [3.63, 3.8) is 0 Å². The summed E-state index contributed by atoms with van der Waals surface area (Å²) in [6, 6.07) is 2.72. The Balaban J connectivity index is 2.09. The van der Waals surface area contributed by atoms with Crippen LogP contribution in [0.15, 0.2) is 16.3 Å². The Labute approximate surface area is 123 Å². The number of hydrogen-bond donors (Lipinski definition) is 1. The van der Waals surface area contributed by atoms with Gasteiger partial charge in [-0.15, -0.1) is 11.3 Å². The summed E-state index contributed by atoms with van der Waals surface area (Å²) in [6.45, 7) is 0.517. The molecule has 0 unspecified atom stereocenters. The second-order valence-electron chi connectivity index (χ2n) is 5.21. The maximum atomic E-state index is 12.4. The first-order valence-corrected chi connectivity index (χ1v) is 8.96. The molecule has 2 rings (SSSR count). The van der Waals surface area contributed by atoms with Crippen molar-refractivity contribution in [2.24, 2.45) is 5.92 Å². The minimum absolute atomic E-state index is 0.0506. The average Bonchev–Trinajstić information content (AvgIpc) is 2.90. The number of aromatic carboxylic acids is 1. The molecule has 1 saturated carbocycles. The third-order valence-electron chi connectivity index (χ3n) is 3.70. The van der Waals surface area contributed by atoms with Crippen LogP contribution in [0.1, 0.15) is 41.8 Å². The molecule has 0 saturated heterocycles. The van der Waals surface area contributed by atoms with Gasteiger partial charge in [0.1, 0.15) is 9.09 Å². The number of rotatable bonds is 5. The summed E-state index contributed by atoms with van der Waals surface area (Å²) in [5, 5.41) is 8.87. The van der Waals surface area contributed by atoms with Gasteiger partial charge in [0.15, 0.2) is 0 Å². The summed E-state index contributed by atoms with van der Waals surface area (Å²) in [5.41, 5.74) is 0. The normalized spacial score (nSPS) is 17.5. The molecule has 1 aliphatic rings. The topological polar surface area (TPSA) is 74.7 Å². The lowest BCUT2D eigenvalue weighted by Gasteiger charge is -2.26. The zero-order valence-electron chi connectivity index (χ0n) is 11.4. The predicted molar refractivity (Wildman–Crippen MR) is 77.7 cm³/mol. The fourth-order valence-corrected chi connectivity index (χ4v) is 5.16. The third kappa shape index (κ3) is 3.39. The molecule has 1 heterocycles. The summed E-state index contributed by atoms with van der Waals surface area (Å²) >= 11 is 0.809. The molecule has 1 fully saturated rings. The Morgan fingerprint density at radius 2 is 2.00 bits per heavy atom. The average molecular weight is 317 g/mol. The fraction of sp³-hybridized carbons (Fsp3) is 0.615. The van der Waals surface area contributed by atoms with Crippen LogP contribution >= 0.6 is 11.3 Å². The standard InChI is InChI=1S/C13H19NO4S2/c1-14(9-10-5-3-2-4-6-10)20(17,18)12-8-7-11(19-12)13(15)16/h7-8,10H,2-6,9H2,1H3,(H,15,16). The SMILES string of the molecule is CN(CC1CCCCC1)S(=O)(=O)c1ccc(C(=O)O)s1. The summed E-state index contributed by atoms with van der Waals surface area (Å²) in [5.74, 6) is -0.672. The van der Waals surface area contributed by atoms with E-state index in [9.17, 15) is 13.2 Å². The van der Waals surface area contributed by atoms with E-state index >= 15 is 0 Å². The zero-order chi connectivity index (χ0) is 14.8. The summed E-state index contributed by atoms with van der Waals surface area (Å²) < 4.78 is 26.2. The van der Waals surface area contributed by atoms with E-state index < -0.39 is 16.0 Å². The molecule has 1 N–H and O–H groups in total. The lowest BCUT2D eigenvalue weighted by atomic mass is 9.89. The fourth-order valence-electron chi connectivity index (χ4n) is 2.56. The molecular formula is C13H19NO4S2. The molecule has 1 aromatic heterocycles. The minimum atomic E-state index is -3.56. The smallest absolute Gasteiger partial charge is 0.345 e. The van der Waals surface area contributed by atoms with Crippen molar-refractivity contribution in [3.05, 3.63) is 17.0 Å². The molecule has 0 atom stereocenters. The van der Waals surface area contributed by atoms with Crippen LogP contribution in [0.3, 0.4) is 0 Å². The highest BCUT2D eigenvalue weighted by atomic mass is 32.2. The molecule has 20 heavy (non-hydrogen) atoms. The second-order valence-corrected chi connectivity index (χ2v) is 8.57. The highest BCUT2D eigenvalue weighted by molar-refractivity contribution is 7.91. The Kier molecular flexibility index (Phi) is 4.82. The molecular weight excluding hydrogens is 298 g/mol. The zero-order valence-corrected chi connectivity index (χ0v) is 13.0. The van der Waals surface area contributed by atoms with Gasteiger partial charge >= 0.3 is 5.97 Å². The van der Waals surface area contributed by atoms with Crippen LogP contribution in [-0.4, -0.2) is 37.4 Å². The Bertz CT molecular complexity index is 573. The van der Waals surface area contributed by atoms with Gasteiger partial charge < -0.3 is 5.11 Å². The van der Waals surface area contributed by atoms with E-state index in [2.05, 4.69) is 0 Å². The van der Waals surface area contributed by atoms with Crippen LogP contribution in [0.2, 0.25) is 0 Å². The number of carboxylic acids is 1. The summed E-state index contributed by atoms with van der Waals surface area (Å²) in [4.78, 5) is 10.9. The summed E-state index contributed by atoms with van der Waals surface area (Å²) in [7, 11) is -1.99. The number of sulfonamides is 1. The molecule has 0 bridgehead atoms. The molecule has 5 nitrogen and oxygen atoms in total. The first kappa shape index (κ1) is 15.5. The molecule has 1 aliphatic carbocycles. The molecule has 0 radical (unpaired) electrons. The van der Waals surface area contributed by atoms with Crippen LogP contribution < -0.4 is 0 Å². The van der Waals surface area contributed by atoms with Crippen molar-refractivity contribution in [3.8, 4) is 0 Å². The number of hydrogen-bond acceptors (Lipinski definition) is 4. The van der Waals surface area contributed by atoms with Crippen molar-refractivity contribution >= 4 is 27.3 Å². The van der Waals surface area contributed by atoms with Gasteiger partial charge in [0.05, 0.1) is 0 Å². The van der Waals surface area contributed by atoms with E-state index in [-0.39, 0.29) is 9.09 Å². The Hall–Kier alpha value is -0.920. The van der Waals surface area contributed by atoms with E-state index in [4.69, 9.17) is 5.11 Å². The molecule has 0 amide bonds. The van der Waals surface area contributed by atoms with Crippen molar-refractivity contribution in [2.75, 3.05) is 13.6 Å². The van der Waals surface area contributed by atoms with Crippen molar-refractivity contribution < 1.29 is 18.3 Å².